The molecule has 0 atom stereocenters. The number of hydrogen-bond acceptors (Lipinski definition) is 6. The largest absolute Gasteiger partial charge is 0.493 e. The zero-order valence-electron chi connectivity index (χ0n) is 17.6. The van der Waals surface area contributed by atoms with E-state index in [1.54, 1.807) is 0 Å². The van der Waals surface area contributed by atoms with Gasteiger partial charge < -0.3 is 9.47 Å². The van der Waals surface area contributed by atoms with Crippen molar-refractivity contribution in [2.75, 3.05) is 21.8 Å². The van der Waals surface area contributed by atoms with Gasteiger partial charge in [0.25, 0.3) is 0 Å². The lowest BCUT2D eigenvalue weighted by atomic mass is 10.1. The van der Waals surface area contributed by atoms with Crippen LogP contribution in [0.3, 0.4) is 0 Å². The topological polar surface area (TPSA) is 59.1 Å². The Kier molecular flexibility index (Phi) is 9.38. The lowest BCUT2D eigenvalue weighted by molar-refractivity contribution is -0.139. The third kappa shape index (κ3) is 6.88. The molecule has 6 nitrogen and oxygen atoms in total. The van der Waals surface area contributed by atoms with Gasteiger partial charge in [-0.3, -0.25) is 9.59 Å². The van der Waals surface area contributed by atoms with Crippen molar-refractivity contribution < 1.29 is 45.4 Å². The molecule has 34 heavy (non-hydrogen) atoms. The Balaban J connectivity index is 2.30. The number of halogens is 6. The fraction of sp³-hybridized carbons (Fsp3) is 0.300. The van der Waals surface area contributed by atoms with E-state index in [0.717, 1.165) is 20.7 Å². The number of amides is 2. The molecule has 0 saturated carbocycles. The molecular formula is C20H18F6N2O4S2. The van der Waals surface area contributed by atoms with Crippen LogP contribution in [0.4, 0.5) is 37.7 Å². The van der Waals surface area contributed by atoms with Crippen LogP contribution in [0, 0.1) is 0 Å². The Labute approximate surface area is 198 Å². The van der Waals surface area contributed by atoms with Crippen molar-refractivity contribution in [3.63, 3.8) is 0 Å². The number of alkyl halides is 6. The average molecular weight is 528 g/mol. The van der Waals surface area contributed by atoms with Crippen LogP contribution >= 0.6 is 22.0 Å². The summed E-state index contributed by atoms with van der Waals surface area (Å²) in [5, 5.41) is 0. The lowest BCUT2D eigenvalue weighted by Gasteiger charge is -2.22. The smallest absolute Gasteiger partial charge is 0.420 e. The maximum absolute atomic E-state index is 13.4. The summed E-state index contributed by atoms with van der Waals surface area (Å²) in [6.07, 6.45) is -9.12. The highest BCUT2D eigenvalue weighted by molar-refractivity contribution is 8.78. The van der Waals surface area contributed by atoms with E-state index < -0.39 is 35.0 Å². The molecule has 2 rings (SSSR count). The van der Waals surface area contributed by atoms with Crippen LogP contribution < -0.4 is 18.1 Å². The second-order valence-corrected chi connectivity index (χ2v) is 8.21. The minimum absolute atomic E-state index is 0.0132. The van der Waals surface area contributed by atoms with E-state index in [2.05, 4.69) is 0 Å². The Bertz CT molecular complexity index is 925. The van der Waals surface area contributed by atoms with Gasteiger partial charge in [-0.25, -0.2) is 8.61 Å². The van der Waals surface area contributed by atoms with Crippen LogP contribution in [0.15, 0.2) is 36.4 Å². The first-order valence-corrected chi connectivity index (χ1v) is 11.5. The zero-order chi connectivity index (χ0) is 25.5. The van der Waals surface area contributed by atoms with Crippen molar-refractivity contribution in [2.24, 2.45) is 0 Å². The minimum Gasteiger partial charge on any atom is -0.493 e. The maximum atomic E-state index is 13.4. The predicted molar refractivity (Wildman–Crippen MR) is 117 cm³/mol. The summed E-state index contributed by atoms with van der Waals surface area (Å²) >= 11 is 0. The molecular weight excluding hydrogens is 510 g/mol. The van der Waals surface area contributed by atoms with Crippen LogP contribution in [0.5, 0.6) is 11.5 Å². The van der Waals surface area contributed by atoms with Gasteiger partial charge in [0.05, 0.1) is 57.7 Å². The van der Waals surface area contributed by atoms with Crippen LogP contribution in [0.1, 0.15) is 25.0 Å². The first-order valence-electron chi connectivity index (χ1n) is 9.48. The van der Waals surface area contributed by atoms with E-state index in [-0.39, 0.29) is 37.4 Å². The SMILES string of the molecule is CCOc1ccc(N(C=O)SSN(C=O)c2ccc(OCC)c(C(F)(F)F)c2)cc1C(F)(F)F. The summed E-state index contributed by atoms with van der Waals surface area (Å²) in [4.78, 5) is 23.0. The summed E-state index contributed by atoms with van der Waals surface area (Å²) < 4.78 is 91.8. The standard InChI is InChI=1S/C20H18F6N2O4S2/c1-3-31-17-7-5-13(9-15(17)19(21,22)23)27(11-29)33-34-28(12-30)14-6-8-18(32-4-2)16(10-14)20(24,25)26/h5-12H,3-4H2,1-2H3. The molecule has 0 aromatic heterocycles. The van der Waals surface area contributed by atoms with Crippen molar-refractivity contribution in [3.05, 3.63) is 47.5 Å². The fourth-order valence-electron chi connectivity index (χ4n) is 2.63. The van der Waals surface area contributed by atoms with Crippen LogP contribution in [-0.2, 0) is 21.9 Å². The lowest BCUT2D eigenvalue weighted by Crippen LogP contribution is -2.17. The van der Waals surface area contributed by atoms with Crippen molar-refractivity contribution in [2.45, 2.75) is 26.2 Å². The molecule has 0 fully saturated rings. The highest BCUT2D eigenvalue weighted by Gasteiger charge is 2.36. The van der Waals surface area contributed by atoms with Gasteiger partial charge in [0.15, 0.2) is 0 Å². The van der Waals surface area contributed by atoms with Gasteiger partial charge in [-0.2, -0.15) is 26.3 Å². The third-order valence-electron chi connectivity index (χ3n) is 4.03. The summed E-state index contributed by atoms with van der Waals surface area (Å²) in [5.74, 6) is -0.850. The molecule has 0 unspecified atom stereocenters. The summed E-state index contributed by atoms with van der Waals surface area (Å²) in [7, 11) is 1.05. The number of ether oxygens (including phenoxy) is 2. The van der Waals surface area contributed by atoms with Gasteiger partial charge in [0, 0.05) is 0 Å². The number of nitrogens with zero attached hydrogens (tertiary/aromatic N) is 2. The highest BCUT2D eigenvalue weighted by atomic mass is 33.1. The van der Waals surface area contributed by atoms with Crippen molar-refractivity contribution in [1.82, 2.24) is 0 Å². The molecule has 0 bridgehead atoms. The Morgan fingerprint density at radius 3 is 1.35 bits per heavy atom. The highest BCUT2D eigenvalue weighted by Crippen LogP contribution is 2.43. The number of carbonyl (C=O) groups is 2. The van der Waals surface area contributed by atoms with E-state index in [9.17, 15) is 35.9 Å². The molecule has 0 aliphatic rings. The average Bonchev–Trinajstić information content (AvgIpc) is 2.77. The molecule has 0 radical (unpaired) electrons. The second kappa shape index (κ2) is 11.6. The third-order valence-corrected chi connectivity index (χ3v) is 6.18. The van der Waals surface area contributed by atoms with E-state index in [1.165, 1.54) is 26.0 Å². The number of carbonyl (C=O) groups excluding carboxylic acids is 2. The van der Waals surface area contributed by atoms with Crippen LogP contribution in [-0.4, -0.2) is 26.0 Å². The van der Waals surface area contributed by atoms with Crippen LogP contribution in [0.25, 0.3) is 0 Å². The van der Waals surface area contributed by atoms with Gasteiger partial charge in [-0.1, -0.05) is 0 Å². The number of anilines is 2. The van der Waals surface area contributed by atoms with E-state index in [0.29, 0.717) is 34.1 Å². The molecule has 0 N–H and O–H groups in total. The molecule has 0 saturated heterocycles. The van der Waals surface area contributed by atoms with Gasteiger partial charge in [-0.15, -0.1) is 0 Å². The van der Waals surface area contributed by atoms with Crippen molar-refractivity contribution in [3.8, 4) is 11.5 Å². The quantitative estimate of drug-likeness (QED) is 0.146. The predicted octanol–water partition coefficient (Wildman–Crippen LogP) is 6.36. The molecule has 0 heterocycles. The first kappa shape index (κ1) is 27.5. The maximum Gasteiger partial charge on any atom is 0.420 e. The summed E-state index contributed by atoms with van der Waals surface area (Å²) in [6.45, 7) is 3.00. The Morgan fingerprint density at radius 2 is 1.09 bits per heavy atom. The Hall–Kier alpha value is -2.74. The van der Waals surface area contributed by atoms with E-state index >= 15 is 0 Å². The number of rotatable bonds is 11. The minimum atomic E-state index is -4.77. The number of hydrogen-bond donors (Lipinski definition) is 0. The van der Waals surface area contributed by atoms with Gasteiger partial charge >= 0.3 is 12.4 Å². The molecule has 2 aromatic carbocycles. The molecule has 14 heteroatoms. The molecule has 0 spiro atoms. The molecule has 2 aromatic rings. The van der Waals surface area contributed by atoms with Crippen molar-refractivity contribution in [1.29, 1.82) is 0 Å². The fourth-order valence-corrected chi connectivity index (χ4v) is 4.40. The second-order valence-electron chi connectivity index (χ2n) is 6.23. The number of benzene rings is 2. The van der Waals surface area contributed by atoms with Gasteiger partial charge in [0.1, 0.15) is 11.5 Å². The van der Waals surface area contributed by atoms with Gasteiger partial charge in [-0.05, 0) is 50.2 Å². The molecule has 186 valence electrons. The Morgan fingerprint density at radius 1 is 0.735 bits per heavy atom. The molecule has 0 aliphatic carbocycles. The zero-order valence-corrected chi connectivity index (χ0v) is 19.3. The van der Waals surface area contributed by atoms with E-state index in [1.807, 2.05) is 0 Å². The van der Waals surface area contributed by atoms with Gasteiger partial charge in [0.2, 0.25) is 12.8 Å². The summed E-state index contributed by atoms with van der Waals surface area (Å²) in [5.41, 5.74) is -2.59. The molecule has 0 aliphatic heterocycles. The monoisotopic (exact) mass is 528 g/mol. The first-order chi connectivity index (χ1) is 16.0. The van der Waals surface area contributed by atoms with Crippen molar-refractivity contribution >= 4 is 46.2 Å². The van der Waals surface area contributed by atoms with E-state index in [4.69, 9.17) is 9.47 Å². The normalized spacial score (nSPS) is 11.6. The summed E-state index contributed by atoms with van der Waals surface area (Å²) in [6, 6.07) is 5.87. The van der Waals surface area contributed by atoms with Crippen LogP contribution in [0.2, 0.25) is 0 Å². The molecule has 2 amide bonds.